The lowest BCUT2D eigenvalue weighted by Crippen LogP contribution is -2.50. The number of cyclic esters (lactones) is 1. The Morgan fingerprint density at radius 2 is 2.17 bits per heavy atom. The average molecular weight is 395 g/mol. The molecule has 2 atom stereocenters. The molecule has 9 heteroatoms. The van der Waals surface area contributed by atoms with E-state index >= 15 is 0 Å². The highest BCUT2D eigenvalue weighted by molar-refractivity contribution is 5.91. The largest absolute Gasteiger partial charge is 0.459 e. The van der Waals surface area contributed by atoms with E-state index in [1.807, 2.05) is 18.2 Å². The van der Waals surface area contributed by atoms with E-state index in [1.54, 1.807) is 19.1 Å². The molecule has 0 bridgehead atoms. The van der Waals surface area contributed by atoms with E-state index < -0.39 is 28.4 Å². The van der Waals surface area contributed by atoms with Crippen molar-refractivity contribution in [3.8, 4) is 0 Å². The molecule has 148 valence electrons. The molecule has 3 aliphatic rings. The van der Waals surface area contributed by atoms with Gasteiger partial charge in [-0.05, 0) is 18.6 Å². The minimum absolute atomic E-state index is 0.0393. The molecule has 0 spiro atoms. The zero-order valence-electron chi connectivity index (χ0n) is 15.5. The van der Waals surface area contributed by atoms with Gasteiger partial charge in [-0.15, -0.1) is 0 Å². The molecule has 4 heterocycles. The standard InChI is InChI=1S/C20H17N3O6/c1-2-20(26)14-11(9-29-19(20)25)8-22-17(16(14)23(27)28)15-12(18(22)24)7-10-5-3-4-6-13(10)21-15/h3-7,18,24,26H,2,8-9H2,1H3/t18?,20-/m0/s1. The molecule has 0 radical (unpaired) electrons. The molecule has 9 nitrogen and oxygen atoms in total. The number of nitrogens with zero attached hydrogens (tertiary/aromatic N) is 3. The number of esters is 1. The number of para-hydroxylation sites is 1. The molecule has 3 aliphatic heterocycles. The zero-order chi connectivity index (χ0) is 20.5. The van der Waals surface area contributed by atoms with Gasteiger partial charge < -0.3 is 19.8 Å². The van der Waals surface area contributed by atoms with Gasteiger partial charge in [0, 0.05) is 23.1 Å². The number of aromatic nitrogens is 1. The van der Waals surface area contributed by atoms with E-state index in [-0.39, 0.29) is 36.5 Å². The van der Waals surface area contributed by atoms with Gasteiger partial charge in [0.15, 0.2) is 11.8 Å². The fraction of sp³-hybridized carbons (Fsp3) is 0.300. The Balaban J connectivity index is 1.84. The van der Waals surface area contributed by atoms with Crippen LogP contribution in [0.4, 0.5) is 0 Å². The highest BCUT2D eigenvalue weighted by Gasteiger charge is 2.55. The van der Waals surface area contributed by atoms with Crippen LogP contribution in [0.15, 0.2) is 47.2 Å². The summed E-state index contributed by atoms with van der Waals surface area (Å²) in [5.74, 6) is -0.905. The molecule has 0 aliphatic carbocycles. The van der Waals surface area contributed by atoms with Crippen LogP contribution in [0.2, 0.25) is 0 Å². The van der Waals surface area contributed by atoms with E-state index in [4.69, 9.17) is 4.74 Å². The summed E-state index contributed by atoms with van der Waals surface area (Å²) in [7, 11) is 0. The van der Waals surface area contributed by atoms with Crippen LogP contribution in [-0.2, 0) is 9.53 Å². The summed E-state index contributed by atoms with van der Waals surface area (Å²) < 4.78 is 5.09. The quantitative estimate of drug-likeness (QED) is 0.445. The molecule has 0 amide bonds. The van der Waals surface area contributed by atoms with Gasteiger partial charge in [0.1, 0.15) is 18.0 Å². The van der Waals surface area contributed by atoms with Crippen molar-refractivity contribution >= 4 is 22.6 Å². The fourth-order valence-corrected chi connectivity index (χ4v) is 4.41. The number of aliphatic hydroxyl groups excluding tert-OH is 1. The molecular weight excluding hydrogens is 378 g/mol. The van der Waals surface area contributed by atoms with Crippen LogP contribution < -0.4 is 0 Å². The highest BCUT2D eigenvalue weighted by atomic mass is 16.6. The number of rotatable bonds is 2. The molecule has 1 aromatic carbocycles. The second-order valence-electron chi connectivity index (χ2n) is 7.34. The lowest BCUT2D eigenvalue weighted by Gasteiger charge is -2.38. The number of carbonyl (C=O) groups is 1. The minimum Gasteiger partial charge on any atom is -0.459 e. The van der Waals surface area contributed by atoms with Crippen molar-refractivity contribution in [2.75, 3.05) is 13.2 Å². The van der Waals surface area contributed by atoms with Crippen LogP contribution in [0.3, 0.4) is 0 Å². The lowest BCUT2D eigenvalue weighted by atomic mass is 9.81. The van der Waals surface area contributed by atoms with Gasteiger partial charge in [0.25, 0.3) is 0 Å². The Labute approximate surface area is 164 Å². The number of carbonyl (C=O) groups excluding carboxylic acids is 1. The van der Waals surface area contributed by atoms with Gasteiger partial charge in [0.2, 0.25) is 0 Å². The van der Waals surface area contributed by atoms with Crippen LogP contribution in [-0.4, -0.2) is 49.7 Å². The smallest absolute Gasteiger partial charge is 0.343 e. The summed E-state index contributed by atoms with van der Waals surface area (Å²) in [6, 6.07) is 9.05. The number of nitro groups is 1. The van der Waals surface area contributed by atoms with Crippen molar-refractivity contribution in [1.29, 1.82) is 0 Å². The van der Waals surface area contributed by atoms with E-state index in [1.165, 1.54) is 4.90 Å². The number of fused-ring (bicyclic) bond motifs is 4. The van der Waals surface area contributed by atoms with E-state index in [2.05, 4.69) is 4.98 Å². The summed E-state index contributed by atoms with van der Waals surface area (Å²) in [5.41, 5.74) is -0.680. The maximum atomic E-state index is 12.3. The first-order valence-corrected chi connectivity index (χ1v) is 9.22. The molecule has 2 N–H and O–H groups in total. The third-order valence-electron chi connectivity index (χ3n) is 5.84. The number of aliphatic hydroxyl groups is 2. The summed E-state index contributed by atoms with van der Waals surface area (Å²) >= 11 is 0. The summed E-state index contributed by atoms with van der Waals surface area (Å²) in [6.07, 6.45) is -1.20. The highest BCUT2D eigenvalue weighted by Crippen LogP contribution is 2.49. The Morgan fingerprint density at radius 1 is 1.41 bits per heavy atom. The number of hydrogen-bond donors (Lipinski definition) is 2. The monoisotopic (exact) mass is 395 g/mol. The zero-order valence-corrected chi connectivity index (χ0v) is 15.5. The maximum Gasteiger partial charge on any atom is 0.343 e. The molecule has 1 aromatic heterocycles. The van der Waals surface area contributed by atoms with Crippen molar-refractivity contribution in [1.82, 2.24) is 9.88 Å². The molecule has 29 heavy (non-hydrogen) atoms. The lowest BCUT2D eigenvalue weighted by molar-refractivity contribution is -0.422. The second kappa shape index (κ2) is 5.85. The number of pyridine rings is 1. The van der Waals surface area contributed by atoms with Gasteiger partial charge in [0.05, 0.1) is 16.0 Å². The molecule has 1 unspecified atom stereocenters. The van der Waals surface area contributed by atoms with Crippen LogP contribution in [0.25, 0.3) is 16.6 Å². The summed E-state index contributed by atoms with van der Waals surface area (Å²) in [4.78, 5) is 29.9. The summed E-state index contributed by atoms with van der Waals surface area (Å²) in [6.45, 7) is 1.48. The van der Waals surface area contributed by atoms with Crippen molar-refractivity contribution in [3.63, 3.8) is 0 Å². The predicted molar refractivity (Wildman–Crippen MR) is 101 cm³/mol. The third kappa shape index (κ3) is 2.22. The average Bonchev–Trinajstić information content (AvgIpc) is 2.99. The Morgan fingerprint density at radius 3 is 2.90 bits per heavy atom. The number of hydrogen-bond acceptors (Lipinski definition) is 8. The van der Waals surface area contributed by atoms with Crippen LogP contribution in [0, 0.1) is 10.1 Å². The molecular formula is C20H17N3O6. The SMILES string of the molecule is CC[C@@]1(O)C(=O)OCC2=C1C([N+](=O)[O-])=C1c3nc4ccccc4cc3C(O)N1C2. The van der Waals surface area contributed by atoms with Crippen molar-refractivity contribution in [2.45, 2.75) is 25.2 Å². The molecule has 5 rings (SSSR count). The number of benzene rings is 1. The molecule has 0 saturated heterocycles. The van der Waals surface area contributed by atoms with Crippen LogP contribution in [0.5, 0.6) is 0 Å². The van der Waals surface area contributed by atoms with Crippen molar-refractivity contribution in [3.05, 3.63) is 68.5 Å². The molecule has 2 aromatic rings. The van der Waals surface area contributed by atoms with E-state index in [0.29, 0.717) is 16.7 Å². The fourth-order valence-electron chi connectivity index (χ4n) is 4.41. The third-order valence-corrected chi connectivity index (χ3v) is 5.84. The molecule has 0 saturated carbocycles. The van der Waals surface area contributed by atoms with Gasteiger partial charge in [-0.25, -0.2) is 9.78 Å². The summed E-state index contributed by atoms with van der Waals surface area (Å²) in [5, 5.41) is 34.9. The first kappa shape index (κ1) is 17.8. The predicted octanol–water partition coefficient (Wildman–Crippen LogP) is 1.49. The van der Waals surface area contributed by atoms with Crippen LogP contribution in [0.1, 0.15) is 30.8 Å². The van der Waals surface area contributed by atoms with Gasteiger partial charge in [-0.1, -0.05) is 25.1 Å². The van der Waals surface area contributed by atoms with Crippen molar-refractivity contribution < 1.29 is 24.7 Å². The Kier molecular flexibility index (Phi) is 3.59. The first-order valence-electron chi connectivity index (χ1n) is 9.22. The molecule has 0 fully saturated rings. The van der Waals surface area contributed by atoms with Gasteiger partial charge in [-0.3, -0.25) is 10.1 Å². The second-order valence-corrected chi connectivity index (χ2v) is 7.34. The number of ether oxygens (including phenoxy) is 1. The van der Waals surface area contributed by atoms with Crippen LogP contribution >= 0.6 is 0 Å². The minimum atomic E-state index is -2.11. The normalized spacial score (nSPS) is 25.7. The topological polar surface area (TPSA) is 126 Å². The van der Waals surface area contributed by atoms with Gasteiger partial charge in [-0.2, -0.15) is 0 Å². The van der Waals surface area contributed by atoms with E-state index in [9.17, 15) is 25.1 Å². The Bertz CT molecular complexity index is 1170. The maximum absolute atomic E-state index is 12.3. The van der Waals surface area contributed by atoms with E-state index in [0.717, 1.165) is 5.39 Å². The first-order chi connectivity index (χ1) is 13.9. The van der Waals surface area contributed by atoms with Crippen molar-refractivity contribution in [2.24, 2.45) is 0 Å². The Hall–Kier alpha value is -3.30. The van der Waals surface area contributed by atoms with Gasteiger partial charge >= 0.3 is 11.7 Å².